The van der Waals surface area contributed by atoms with Crippen LogP contribution in [0.25, 0.3) is 0 Å². The second-order valence-corrected chi connectivity index (χ2v) is 6.19. The third-order valence-electron chi connectivity index (χ3n) is 3.97. The normalized spacial score (nSPS) is 18.4. The average Bonchev–Trinajstić information content (AvgIpc) is 2.54. The van der Waals surface area contributed by atoms with Gasteiger partial charge in [-0.1, -0.05) is 13.8 Å². The van der Waals surface area contributed by atoms with Crippen LogP contribution in [0, 0.1) is 11.8 Å². The van der Waals surface area contributed by atoms with Gasteiger partial charge in [-0.25, -0.2) is 0 Å². The molecule has 1 aromatic rings. The van der Waals surface area contributed by atoms with E-state index in [1.165, 1.54) is 0 Å². The van der Waals surface area contributed by atoms with Gasteiger partial charge in [0, 0.05) is 25.7 Å². The van der Waals surface area contributed by atoms with Gasteiger partial charge in [0.2, 0.25) is 11.8 Å². The molecule has 1 aromatic heterocycles. The van der Waals surface area contributed by atoms with Crippen LogP contribution in [0.5, 0.6) is 5.88 Å². The van der Waals surface area contributed by atoms with Crippen LogP contribution in [0.2, 0.25) is 0 Å². The molecule has 0 radical (unpaired) electrons. The highest BCUT2D eigenvalue weighted by Crippen LogP contribution is 2.22. The number of nitrogens with zero attached hydrogens (tertiary/aromatic N) is 3. The van der Waals surface area contributed by atoms with Gasteiger partial charge < -0.3 is 15.0 Å². The number of aromatic nitrogens is 2. The number of carbonyl (C=O) groups excluding carboxylic acids is 1. The van der Waals surface area contributed by atoms with Gasteiger partial charge in [-0.05, 0) is 31.2 Å². The summed E-state index contributed by atoms with van der Waals surface area (Å²) >= 11 is 0. The Morgan fingerprint density at radius 3 is 2.91 bits per heavy atom. The highest BCUT2D eigenvalue weighted by molar-refractivity contribution is 5.79. The lowest BCUT2D eigenvalue weighted by molar-refractivity contribution is -0.125. The minimum atomic E-state index is 0.0322. The van der Waals surface area contributed by atoms with E-state index in [1.807, 2.05) is 6.07 Å². The molecule has 1 atom stereocenters. The standard InChI is InChI=1S/C16H26N4O2/c1-12(2)8-9-17-16(21)13-5-4-10-20(11-13)14-6-7-15(22-3)19-18-14/h6-7,12-13H,4-5,8-11H2,1-3H3,(H,17,21)/t13-/m1/s1. The molecule has 122 valence electrons. The Kier molecular flexibility index (Phi) is 5.98. The molecule has 1 aliphatic heterocycles. The van der Waals surface area contributed by atoms with Crippen molar-refractivity contribution in [3.05, 3.63) is 12.1 Å². The van der Waals surface area contributed by atoms with Gasteiger partial charge in [0.1, 0.15) is 0 Å². The average molecular weight is 306 g/mol. The van der Waals surface area contributed by atoms with Gasteiger partial charge in [0.15, 0.2) is 5.82 Å². The van der Waals surface area contributed by atoms with Crippen molar-refractivity contribution in [1.82, 2.24) is 15.5 Å². The zero-order chi connectivity index (χ0) is 15.9. The molecule has 0 spiro atoms. The van der Waals surface area contributed by atoms with E-state index in [0.29, 0.717) is 18.3 Å². The lowest BCUT2D eigenvalue weighted by atomic mass is 9.97. The first-order valence-corrected chi connectivity index (χ1v) is 8.00. The summed E-state index contributed by atoms with van der Waals surface area (Å²) in [4.78, 5) is 14.4. The third kappa shape index (κ3) is 4.58. The van der Waals surface area contributed by atoms with Gasteiger partial charge in [-0.2, -0.15) is 0 Å². The fourth-order valence-electron chi connectivity index (χ4n) is 2.62. The number of carbonyl (C=O) groups is 1. The Labute approximate surface area is 132 Å². The van der Waals surface area contributed by atoms with Gasteiger partial charge in [-0.3, -0.25) is 4.79 Å². The largest absolute Gasteiger partial charge is 0.480 e. The number of methoxy groups -OCH3 is 1. The molecule has 6 heteroatoms. The van der Waals surface area contributed by atoms with E-state index >= 15 is 0 Å². The summed E-state index contributed by atoms with van der Waals surface area (Å²) in [7, 11) is 1.57. The molecule has 0 bridgehead atoms. The maximum absolute atomic E-state index is 12.3. The number of rotatable bonds is 6. The maximum atomic E-state index is 12.3. The second kappa shape index (κ2) is 7.96. The number of hydrogen-bond acceptors (Lipinski definition) is 5. The Hall–Kier alpha value is -1.85. The van der Waals surface area contributed by atoms with Crippen LogP contribution in [0.3, 0.4) is 0 Å². The van der Waals surface area contributed by atoms with Crippen LogP contribution in [0.1, 0.15) is 33.1 Å². The second-order valence-electron chi connectivity index (χ2n) is 6.19. The lowest BCUT2D eigenvalue weighted by Gasteiger charge is -2.32. The van der Waals surface area contributed by atoms with Crippen LogP contribution in [0.4, 0.5) is 5.82 Å². The topological polar surface area (TPSA) is 67.3 Å². The summed E-state index contributed by atoms with van der Waals surface area (Å²) in [5.41, 5.74) is 0. The van der Waals surface area contributed by atoms with Crippen LogP contribution in [0.15, 0.2) is 12.1 Å². The van der Waals surface area contributed by atoms with E-state index in [1.54, 1.807) is 13.2 Å². The van der Waals surface area contributed by atoms with E-state index in [9.17, 15) is 4.79 Å². The van der Waals surface area contributed by atoms with Crippen molar-refractivity contribution in [3.63, 3.8) is 0 Å². The number of piperidine rings is 1. The Bertz CT molecular complexity index is 476. The van der Waals surface area contributed by atoms with Crippen molar-refractivity contribution in [2.45, 2.75) is 33.1 Å². The molecule has 0 saturated carbocycles. The molecule has 2 heterocycles. The minimum Gasteiger partial charge on any atom is -0.480 e. The van der Waals surface area contributed by atoms with E-state index in [0.717, 1.165) is 38.2 Å². The first-order chi connectivity index (χ1) is 10.6. The first-order valence-electron chi connectivity index (χ1n) is 8.00. The molecule has 0 aromatic carbocycles. The van der Waals surface area contributed by atoms with Crippen LogP contribution in [-0.4, -0.2) is 42.8 Å². The van der Waals surface area contributed by atoms with E-state index in [-0.39, 0.29) is 11.8 Å². The zero-order valence-corrected chi connectivity index (χ0v) is 13.7. The summed E-state index contributed by atoms with van der Waals surface area (Å²) in [6.07, 6.45) is 2.95. The quantitative estimate of drug-likeness (QED) is 0.869. The van der Waals surface area contributed by atoms with E-state index < -0.39 is 0 Å². The molecule has 0 aliphatic carbocycles. The lowest BCUT2D eigenvalue weighted by Crippen LogP contribution is -2.43. The molecular formula is C16H26N4O2. The number of amides is 1. The summed E-state index contributed by atoms with van der Waals surface area (Å²) < 4.78 is 5.02. The number of ether oxygens (including phenoxy) is 1. The molecule has 1 amide bonds. The predicted octanol–water partition coefficient (Wildman–Crippen LogP) is 1.86. The molecule has 22 heavy (non-hydrogen) atoms. The van der Waals surface area contributed by atoms with Crippen molar-refractivity contribution in [1.29, 1.82) is 0 Å². The molecule has 1 fully saturated rings. The number of anilines is 1. The summed E-state index contributed by atoms with van der Waals surface area (Å²) in [6, 6.07) is 3.69. The fraction of sp³-hybridized carbons (Fsp3) is 0.688. The van der Waals surface area contributed by atoms with Crippen LogP contribution in [-0.2, 0) is 4.79 Å². The van der Waals surface area contributed by atoms with Gasteiger partial charge in [-0.15, -0.1) is 10.2 Å². The molecule has 2 rings (SSSR count). The third-order valence-corrected chi connectivity index (χ3v) is 3.97. The maximum Gasteiger partial charge on any atom is 0.233 e. The molecule has 0 unspecified atom stereocenters. The smallest absolute Gasteiger partial charge is 0.233 e. The Balaban J connectivity index is 1.89. The van der Waals surface area contributed by atoms with E-state index in [2.05, 4.69) is 34.3 Å². The van der Waals surface area contributed by atoms with Crippen molar-refractivity contribution in [2.75, 3.05) is 31.6 Å². The van der Waals surface area contributed by atoms with E-state index in [4.69, 9.17) is 4.74 Å². The summed E-state index contributed by atoms with van der Waals surface area (Å²) in [6.45, 7) is 6.70. The molecule has 6 nitrogen and oxygen atoms in total. The molecule has 1 N–H and O–H groups in total. The van der Waals surface area contributed by atoms with Crippen LogP contribution >= 0.6 is 0 Å². The summed E-state index contributed by atoms with van der Waals surface area (Å²) in [5, 5.41) is 11.2. The van der Waals surface area contributed by atoms with Crippen LogP contribution < -0.4 is 15.0 Å². The monoisotopic (exact) mass is 306 g/mol. The Morgan fingerprint density at radius 1 is 1.45 bits per heavy atom. The number of hydrogen-bond donors (Lipinski definition) is 1. The van der Waals surface area contributed by atoms with Crippen molar-refractivity contribution >= 4 is 11.7 Å². The van der Waals surface area contributed by atoms with Gasteiger partial charge in [0.25, 0.3) is 0 Å². The molecule has 1 saturated heterocycles. The van der Waals surface area contributed by atoms with Crippen molar-refractivity contribution in [3.8, 4) is 5.88 Å². The first kappa shape index (κ1) is 16.5. The SMILES string of the molecule is COc1ccc(N2CCC[C@@H](C(=O)NCCC(C)C)C2)nn1. The number of nitrogens with one attached hydrogen (secondary N) is 1. The molecule has 1 aliphatic rings. The van der Waals surface area contributed by atoms with Gasteiger partial charge in [0.05, 0.1) is 13.0 Å². The van der Waals surface area contributed by atoms with Crippen molar-refractivity contribution in [2.24, 2.45) is 11.8 Å². The minimum absolute atomic E-state index is 0.0322. The fourth-order valence-corrected chi connectivity index (χ4v) is 2.62. The molecular weight excluding hydrogens is 280 g/mol. The zero-order valence-electron chi connectivity index (χ0n) is 13.7. The highest BCUT2D eigenvalue weighted by Gasteiger charge is 2.26. The van der Waals surface area contributed by atoms with Crippen molar-refractivity contribution < 1.29 is 9.53 Å². The predicted molar refractivity (Wildman–Crippen MR) is 86.0 cm³/mol. The van der Waals surface area contributed by atoms with Gasteiger partial charge >= 0.3 is 0 Å². The Morgan fingerprint density at radius 2 is 2.27 bits per heavy atom. The summed E-state index contributed by atoms with van der Waals surface area (Å²) in [5.74, 6) is 2.11. The highest BCUT2D eigenvalue weighted by atomic mass is 16.5.